The number of aryl methyl sites for hydroxylation is 3. The lowest BCUT2D eigenvalue weighted by atomic mass is 9.64. The van der Waals surface area contributed by atoms with Crippen molar-refractivity contribution in [2.45, 2.75) is 92.4 Å². The number of urea groups is 5. The zero-order valence-electron chi connectivity index (χ0n) is 68.4. The first kappa shape index (κ1) is 83.5. The molecule has 642 valence electrons. The third kappa shape index (κ3) is 19.0. The van der Waals surface area contributed by atoms with Crippen LogP contribution in [0, 0.1) is 55.3 Å². The number of likely N-dealkylation sites (tertiary alicyclic amines) is 1. The fraction of sp³-hybridized carbons (Fsp3) is 0.191. The number of anilines is 10. The first-order valence-electron chi connectivity index (χ1n) is 40.0. The molecule has 12 heterocycles. The largest absolute Gasteiger partial charge is 0.394 e. The molecule has 7 aromatic carbocycles. The number of nitrogens with zero attached hydrogens (tertiary/aromatic N) is 17. The highest BCUT2D eigenvalue weighted by Crippen LogP contribution is 2.48. The maximum absolute atomic E-state index is 13.8. The van der Waals surface area contributed by atoms with Gasteiger partial charge < -0.3 is 53.2 Å². The predicted molar refractivity (Wildman–Crippen MR) is 465 cm³/mol. The van der Waals surface area contributed by atoms with Crippen LogP contribution in [0.3, 0.4) is 0 Å². The van der Waals surface area contributed by atoms with Crippen LogP contribution in [-0.2, 0) is 52.4 Å². The Morgan fingerprint density at radius 2 is 0.667 bits per heavy atom. The number of nitrogen functional groups attached to an aromatic ring is 5. The first-order valence-corrected chi connectivity index (χ1v) is 40.0. The fourth-order valence-corrected chi connectivity index (χ4v) is 14.9. The second-order valence-corrected chi connectivity index (χ2v) is 31.3. The summed E-state index contributed by atoms with van der Waals surface area (Å²) in [4.78, 5) is 78.6. The molecule has 1 saturated carbocycles. The minimum atomic E-state index is -0.420. The van der Waals surface area contributed by atoms with Gasteiger partial charge in [-0.1, -0.05) is 83.8 Å². The van der Waals surface area contributed by atoms with Crippen LogP contribution in [-0.4, -0.2) is 127 Å². The van der Waals surface area contributed by atoms with Crippen LogP contribution in [0.15, 0.2) is 219 Å². The number of rotatable bonds is 10. The zero-order valence-corrected chi connectivity index (χ0v) is 68.4. The summed E-state index contributed by atoms with van der Waals surface area (Å²) >= 11 is 0. The summed E-state index contributed by atoms with van der Waals surface area (Å²) in [5.74, 6) is -0.243. The van der Waals surface area contributed by atoms with E-state index < -0.39 is 11.8 Å². The van der Waals surface area contributed by atoms with Gasteiger partial charge in [0.25, 0.3) is 0 Å². The molecule has 20 rings (SSSR count). The summed E-state index contributed by atoms with van der Waals surface area (Å²) < 4.78 is 74.3. The van der Waals surface area contributed by atoms with Gasteiger partial charge in [0.1, 0.15) is 29.1 Å². The van der Waals surface area contributed by atoms with E-state index in [0.717, 1.165) is 75.4 Å². The number of hydrogen-bond donors (Lipinski definition) is 10. The number of carbonyl (C=O) groups is 5. The molecule has 0 unspecified atom stereocenters. The monoisotopic (exact) mass is 1710 g/mol. The molecule has 15 N–H and O–H groups in total. The van der Waals surface area contributed by atoms with Gasteiger partial charge >= 0.3 is 30.2 Å². The van der Waals surface area contributed by atoms with Gasteiger partial charge in [0.05, 0.1) is 125 Å². The van der Waals surface area contributed by atoms with E-state index in [9.17, 15) is 45.9 Å². The van der Waals surface area contributed by atoms with Gasteiger partial charge in [-0.3, -0.25) is 36.6 Å². The van der Waals surface area contributed by atoms with Gasteiger partial charge in [-0.05, 0) is 177 Å². The van der Waals surface area contributed by atoms with E-state index in [2.05, 4.69) is 62.0 Å². The third-order valence-electron chi connectivity index (χ3n) is 22.1. The van der Waals surface area contributed by atoms with Gasteiger partial charge in [0.2, 0.25) is 0 Å². The Kier molecular flexibility index (Phi) is 23.6. The standard InChI is InChI=1S/C19H18FN5O.C18H15F2N5O.C18H17FN6O.C18H18N6O.C16H18FN5O/c1-12-2-6-16(7-3-12)25-11-17(21)18(23-25)22-19(26)24-9-13-4-5-15(20)8-14(13)10-24;19-12-4-6-13(7-5-12)25-10-16(21)17(23-25)22-18(26)24-8-11-2-1-3-15(20)14(11)9-24;1-11-2-4-14(5-3-11)25-9-15(20)17(23-25)22-18(26)24-8-12-6-13(19)7-21-16(12)10-24;1-12-4-6-14(7-5-12)24-10-15(19)17(22-24)21-18(25)23-9-13-3-2-8-20-16(13)11-23;17-11-2-4-12(5-3-11)22-8-13(18)14(20-22)19-15(23)21-9-16(10-21)6-1-7-16/h2-8,11H,9-10,21H2,1H3,(H,22,23,26);1-7,10H,8-9,21H2,(H,22,23,26);2-7,9H,8,10,20H2,1H3,(H,22,23,26);2-8,10H,9,11,19H2,1H3,(H,21,22,25);2-5,8H,1,6-7,9-10,18H2,(H,19,20,23). The van der Waals surface area contributed by atoms with Crippen molar-refractivity contribution in [3.05, 3.63) is 310 Å². The van der Waals surface area contributed by atoms with Crippen LogP contribution in [0.1, 0.15) is 80.7 Å². The predicted octanol–water partition coefficient (Wildman–Crippen LogP) is 14.9. The number of nitrogens with one attached hydrogen (secondary N) is 5. The molecule has 7 aromatic heterocycles. The van der Waals surface area contributed by atoms with E-state index in [1.807, 2.05) is 106 Å². The smallest absolute Gasteiger partial charge is 0.323 e. The molecular formula is C89H86F5N27O5. The van der Waals surface area contributed by atoms with Crippen molar-refractivity contribution in [2.24, 2.45) is 5.41 Å². The Hall–Kier alpha value is -16.1. The SMILES string of the molecule is Cc1ccc(-n2cc(N)c(NC(=O)N3Cc4cc(F)cnc4C3)n2)cc1.Cc1ccc(-n2cc(N)c(NC(=O)N3Cc4ccc(F)cc4C3)n2)cc1.Cc1ccc(-n2cc(N)c(NC(=O)N3Cc4cccnc4C3)n2)cc1.Nc1cn(-c2ccc(F)cc2)nc1NC(=O)N1CC2(CCC2)C1.Nc1cn(-c2ccc(F)cc2)nc1NC(=O)N1Cc2cccc(F)c2C1. The Bertz CT molecular complexity index is 6220. The summed E-state index contributed by atoms with van der Waals surface area (Å²) in [5.41, 5.74) is 45.8. The zero-order chi connectivity index (χ0) is 88.2. The second-order valence-electron chi connectivity index (χ2n) is 31.3. The number of fused-ring (bicyclic) bond motifs is 4. The lowest BCUT2D eigenvalue weighted by molar-refractivity contribution is -0.0289. The third-order valence-corrected chi connectivity index (χ3v) is 22.1. The van der Waals surface area contributed by atoms with Crippen molar-refractivity contribution < 1.29 is 45.9 Å². The number of benzene rings is 7. The topological polar surface area (TPSA) is 407 Å². The van der Waals surface area contributed by atoms with E-state index in [1.54, 1.807) is 102 Å². The van der Waals surface area contributed by atoms with E-state index in [4.69, 9.17) is 28.7 Å². The number of nitrogens with two attached hydrogens (primary N) is 5. The van der Waals surface area contributed by atoms with Gasteiger partial charge in [0.15, 0.2) is 29.1 Å². The van der Waals surface area contributed by atoms with Crippen LogP contribution in [0.4, 0.5) is 103 Å². The molecule has 37 heteroatoms. The summed E-state index contributed by atoms with van der Waals surface area (Å²) in [5, 5.41) is 35.2. The average molecular weight is 1710 g/mol. The van der Waals surface area contributed by atoms with E-state index >= 15 is 0 Å². The highest BCUT2D eigenvalue weighted by molar-refractivity contribution is 5.95. The summed E-state index contributed by atoms with van der Waals surface area (Å²) in [6.45, 7) is 10.6. The maximum atomic E-state index is 13.8. The van der Waals surface area contributed by atoms with Crippen molar-refractivity contribution >= 4 is 87.7 Å². The van der Waals surface area contributed by atoms with Crippen molar-refractivity contribution in [1.82, 2.24) is 83.4 Å². The summed E-state index contributed by atoms with van der Waals surface area (Å²) in [7, 11) is 0. The molecule has 14 aromatic rings. The maximum Gasteiger partial charge on any atom is 0.323 e. The summed E-state index contributed by atoms with van der Waals surface area (Å²) in [6.07, 6.45) is 14.7. The first-order chi connectivity index (χ1) is 60.6. The van der Waals surface area contributed by atoms with Crippen molar-refractivity contribution in [2.75, 3.05) is 68.3 Å². The quantitative estimate of drug-likeness (QED) is 0.0569. The average Bonchev–Trinajstić information content (AvgIpc) is 1.42. The minimum Gasteiger partial charge on any atom is -0.394 e. The molecule has 0 bridgehead atoms. The molecule has 2 fully saturated rings. The Labute approximate surface area is 718 Å². The molecule has 5 aliphatic heterocycles. The number of hydrogen-bond acceptors (Lipinski definition) is 17. The van der Waals surface area contributed by atoms with Gasteiger partial charge in [-0.15, -0.1) is 25.5 Å². The number of halogens is 5. The van der Waals surface area contributed by atoms with Crippen LogP contribution in [0.25, 0.3) is 28.4 Å². The molecule has 10 amide bonds. The Balaban J connectivity index is 0.000000116. The summed E-state index contributed by atoms with van der Waals surface area (Å²) in [6, 6.07) is 48.2. The van der Waals surface area contributed by atoms with Crippen LogP contribution in [0.5, 0.6) is 0 Å². The minimum absolute atomic E-state index is 0.168. The van der Waals surface area contributed by atoms with E-state index in [1.165, 1.54) is 98.7 Å². The molecule has 1 aliphatic carbocycles. The van der Waals surface area contributed by atoms with Crippen LogP contribution >= 0.6 is 0 Å². The van der Waals surface area contributed by atoms with E-state index in [-0.39, 0.29) is 71.3 Å². The molecule has 32 nitrogen and oxygen atoms in total. The normalized spacial score (nSPS) is 13.9. The Morgan fingerprint density at radius 3 is 1.06 bits per heavy atom. The number of aromatic nitrogens is 12. The van der Waals surface area contributed by atoms with Crippen molar-refractivity contribution in [3.8, 4) is 28.4 Å². The Morgan fingerprint density at radius 1 is 0.333 bits per heavy atom. The number of carbonyl (C=O) groups excluding carboxylic acids is 5. The van der Waals surface area contributed by atoms with Gasteiger partial charge in [0, 0.05) is 63.0 Å². The van der Waals surface area contributed by atoms with Gasteiger partial charge in [-0.25, -0.2) is 69.3 Å². The highest BCUT2D eigenvalue weighted by Gasteiger charge is 2.49. The molecule has 1 spiro atoms. The molecule has 0 atom stereocenters. The van der Waals surface area contributed by atoms with Crippen LogP contribution in [0.2, 0.25) is 0 Å². The second kappa shape index (κ2) is 35.5. The highest BCUT2D eigenvalue weighted by atomic mass is 19.1. The lowest BCUT2D eigenvalue weighted by Gasteiger charge is -2.55. The lowest BCUT2D eigenvalue weighted by Crippen LogP contribution is -2.62. The van der Waals surface area contributed by atoms with Crippen molar-refractivity contribution in [3.63, 3.8) is 0 Å². The van der Waals surface area contributed by atoms with Gasteiger partial charge in [-0.2, -0.15) is 0 Å². The van der Waals surface area contributed by atoms with Crippen LogP contribution < -0.4 is 55.3 Å². The molecule has 1 saturated heterocycles. The molecule has 6 aliphatic rings. The van der Waals surface area contributed by atoms with E-state index in [0.29, 0.717) is 120 Å². The fourth-order valence-electron chi connectivity index (χ4n) is 14.9. The molecule has 0 radical (unpaired) electrons. The number of pyridine rings is 2. The number of amides is 10. The molecular weight excluding hydrogens is 1620 g/mol. The molecule has 126 heavy (non-hydrogen) atoms. The van der Waals surface area contributed by atoms with Crippen molar-refractivity contribution in [1.29, 1.82) is 0 Å².